The van der Waals surface area contributed by atoms with Crippen LogP contribution in [0.25, 0.3) is 0 Å². The molecule has 0 bridgehead atoms. The summed E-state index contributed by atoms with van der Waals surface area (Å²) in [4.78, 5) is 13.0. The first-order chi connectivity index (χ1) is 14.2. The summed E-state index contributed by atoms with van der Waals surface area (Å²) in [5, 5.41) is 2.69. The van der Waals surface area contributed by atoms with Crippen LogP contribution in [0.3, 0.4) is 0 Å². The monoisotopic (exact) mass is 409 g/mol. The molecule has 1 atom stereocenters. The minimum atomic E-state index is -4.45. The molecule has 2 nitrogen and oxygen atoms in total. The Bertz CT molecular complexity index is 1020. The van der Waals surface area contributed by atoms with Gasteiger partial charge >= 0.3 is 6.18 Å². The molecule has 0 aliphatic heterocycles. The van der Waals surface area contributed by atoms with Gasteiger partial charge in [0, 0.05) is 11.1 Å². The van der Waals surface area contributed by atoms with Gasteiger partial charge in [-0.1, -0.05) is 65.7 Å². The van der Waals surface area contributed by atoms with Gasteiger partial charge < -0.3 is 5.32 Å². The van der Waals surface area contributed by atoms with Crippen molar-refractivity contribution in [1.82, 2.24) is 0 Å². The molecule has 3 aromatic rings. The Morgan fingerprint density at radius 2 is 1.43 bits per heavy atom. The zero-order valence-corrected chi connectivity index (χ0v) is 16.8. The highest BCUT2D eigenvalue weighted by atomic mass is 19.4. The van der Waals surface area contributed by atoms with E-state index in [1.807, 2.05) is 62.4 Å². The van der Waals surface area contributed by atoms with Crippen molar-refractivity contribution in [3.63, 3.8) is 0 Å². The highest BCUT2D eigenvalue weighted by molar-refractivity contribution is 5.97. The zero-order chi connectivity index (χ0) is 21.5. The molecule has 30 heavy (non-hydrogen) atoms. The standard InChI is InChI=1S/C25H22F3NO/c1-16-6-10-18(11-7-16)24(19-12-8-17(2)9-13-19)15-22(24)23(30)29-21-5-3-4-20(14-21)25(26,27)28/h3-14,22H,15H2,1-2H3,(H,29,30)/t22-/m0/s1. The molecule has 1 N–H and O–H groups in total. The van der Waals surface area contributed by atoms with Gasteiger partial charge in [-0.25, -0.2) is 0 Å². The SMILES string of the molecule is Cc1ccc(C2(c3ccc(C)cc3)C[C@H]2C(=O)Nc2cccc(C(F)(F)F)c2)cc1. The molecule has 0 radical (unpaired) electrons. The molecule has 0 aromatic heterocycles. The number of amides is 1. The number of aryl methyl sites for hydroxylation is 2. The summed E-state index contributed by atoms with van der Waals surface area (Å²) < 4.78 is 39.0. The Morgan fingerprint density at radius 1 is 0.900 bits per heavy atom. The van der Waals surface area contributed by atoms with Gasteiger partial charge in [-0.15, -0.1) is 0 Å². The number of hydrogen-bond donors (Lipinski definition) is 1. The van der Waals surface area contributed by atoms with E-state index in [-0.39, 0.29) is 17.5 Å². The molecule has 0 saturated heterocycles. The Hall–Kier alpha value is -3.08. The van der Waals surface area contributed by atoms with Crippen LogP contribution in [-0.2, 0) is 16.4 Å². The lowest BCUT2D eigenvalue weighted by atomic mass is 9.85. The van der Waals surface area contributed by atoms with Crippen molar-refractivity contribution < 1.29 is 18.0 Å². The summed E-state index contributed by atoms with van der Waals surface area (Å²) >= 11 is 0. The largest absolute Gasteiger partial charge is 0.416 e. The maximum atomic E-state index is 13.0. The summed E-state index contributed by atoms with van der Waals surface area (Å²) in [5.74, 6) is -0.618. The van der Waals surface area contributed by atoms with Gasteiger partial charge in [0.15, 0.2) is 0 Å². The highest BCUT2D eigenvalue weighted by Crippen LogP contribution is 2.59. The number of benzene rings is 3. The molecule has 1 saturated carbocycles. The number of hydrogen-bond acceptors (Lipinski definition) is 1. The second-order valence-electron chi connectivity index (χ2n) is 8.03. The minimum Gasteiger partial charge on any atom is -0.326 e. The molecular weight excluding hydrogens is 387 g/mol. The van der Waals surface area contributed by atoms with Crippen LogP contribution in [0, 0.1) is 19.8 Å². The molecule has 0 heterocycles. The van der Waals surface area contributed by atoms with Gasteiger partial charge in [0.25, 0.3) is 0 Å². The first kappa shape index (κ1) is 20.2. The minimum absolute atomic E-state index is 0.156. The van der Waals surface area contributed by atoms with Crippen molar-refractivity contribution in [3.8, 4) is 0 Å². The van der Waals surface area contributed by atoms with Gasteiger partial charge in [0.05, 0.1) is 11.5 Å². The molecule has 1 aliphatic rings. The second kappa shape index (κ2) is 7.31. The first-order valence-electron chi connectivity index (χ1n) is 9.82. The summed E-state index contributed by atoms with van der Waals surface area (Å²) in [7, 11) is 0. The molecule has 3 aromatic carbocycles. The van der Waals surface area contributed by atoms with E-state index in [0.717, 1.165) is 34.4 Å². The quantitative estimate of drug-likeness (QED) is 0.541. The van der Waals surface area contributed by atoms with Crippen LogP contribution >= 0.6 is 0 Å². The van der Waals surface area contributed by atoms with Gasteiger partial charge in [0.1, 0.15) is 0 Å². The summed E-state index contributed by atoms with van der Waals surface area (Å²) in [6.45, 7) is 4.01. The van der Waals surface area contributed by atoms with Crippen LogP contribution < -0.4 is 5.32 Å². The van der Waals surface area contributed by atoms with Crippen molar-refractivity contribution >= 4 is 11.6 Å². The van der Waals surface area contributed by atoms with E-state index >= 15 is 0 Å². The highest BCUT2D eigenvalue weighted by Gasteiger charge is 2.60. The zero-order valence-electron chi connectivity index (χ0n) is 16.8. The molecule has 1 aliphatic carbocycles. The Kier molecular flexibility index (Phi) is 4.92. The average molecular weight is 409 g/mol. The summed E-state index contributed by atoms with van der Waals surface area (Å²) in [5.41, 5.74) is 3.25. The van der Waals surface area contributed by atoms with Gasteiger partial charge in [0.2, 0.25) is 5.91 Å². The number of carbonyl (C=O) groups excluding carboxylic acids is 1. The smallest absolute Gasteiger partial charge is 0.326 e. The third kappa shape index (κ3) is 3.72. The van der Waals surface area contributed by atoms with Crippen molar-refractivity contribution in [2.75, 3.05) is 5.32 Å². The lowest BCUT2D eigenvalue weighted by Gasteiger charge is -2.20. The van der Waals surface area contributed by atoms with Crippen LogP contribution in [0.4, 0.5) is 18.9 Å². The maximum absolute atomic E-state index is 13.0. The summed E-state index contributed by atoms with van der Waals surface area (Å²) in [6, 6.07) is 21.0. The number of nitrogens with one attached hydrogen (secondary N) is 1. The summed E-state index contributed by atoms with van der Waals surface area (Å²) in [6.07, 6.45) is -3.84. The van der Waals surface area contributed by atoms with E-state index in [0.29, 0.717) is 6.42 Å². The van der Waals surface area contributed by atoms with E-state index in [4.69, 9.17) is 0 Å². The van der Waals surface area contributed by atoms with E-state index in [1.54, 1.807) is 0 Å². The predicted octanol–water partition coefficient (Wildman–Crippen LogP) is 6.27. The van der Waals surface area contributed by atoms with Gasteiger partial charge in [-0.3, -0.25) is 4.79 Å². The lowest BCUT2D eigenvalue weighted by molar-refractivity contribution is -0.137. The number of halogens is 3. The number of alkyl halides is 3. The van der Waals surface area contributed by atoms with E-state index in [9.17, 15) is 18.0 Å². The van der Waals surface area contributed by atoms with E-state index in [2.05, 4.69) is 5.32 Å². The van der Waals surface area contributed by atoms with Crippen molar-refractivity contribution in [3.05, 3.63) is 101 Å². The van der Waals surface area contributed by atoms with Crippen LogP contribution in [0.1, 0.15) is 34.2 Å². The molecule has 1 fully saturated rings. The topological polar surface area (TPSA) is 29.1 Å². The van der Waals surface area contributed by atoms with Crippen LogP contribution in [-0.4, -0.2) is 5.91 Å². The van der Waals surface area contributed by atoms with Gasteiger partial charge in [-0.2, -0.15) is 13.2 Å². The average Bonchev–Trinajstić information content (AvgIpc) is 3.46. The fraction of sp³-hybridized carbons (Fsp3) is 0.240. The van der Waals surface area contributed by atoms with E-state index in [1.165, 1.54) is 12.1 Å². The molecule has 5 heteroatoms. The van der Waals surface area contributed by atoms with Crippen LogP contribution in [0.2, 0.25) is 0 Å². The molecule has 1 amide bonds. The molecule has 0 spiro atoms. The van der Waals surface area contributed by atoms with Gasteiger partial charge in [-0.05, 0) is 49.6 Å². The van der Waals surface area contributed by atoms with Crippen molar-refractivity contribution in [1.29, 1.82) is 0 Å². The Morgan fingerprint density at radius 3 is 1.93 bits per heavy atom. The fourth-order valence-corrected chi connectivity index (χ4v) is 4.09. The van der Waals surface area contributed by atoms with Crippen LogP contribution in [0.15, 0.2) is 72.8 Å². The molecule has 154 valence electrons. The molecule has 4 rings (SSSR count). The lowest BCUT2D eigenvalue weighted by Crippen LogP contribution is -2.22. The third-order valence-electron chi connectivity index (χ3n) is 5.87. The Balaban J connectivity index is 1.64. The normalized spacial score (nSPS) is 17.4. The van der Waals surface area contributed by atoms with E-state index < -0.39 is 17.2 Å². The number of anilines is 1. The van der Waals surface area contributed by atoms with Crippen molar-refractivity contribution in [2.24, 2.45) is 5.92 Å². The second-order valence-corrected chi connectivity index (χ2v) is 8.03. The number of rotatable bonds is 4. The van der Waals surface area contributed by atoms with Crippen LogP contribution in [0.5, 0.6) is 0 Å². The fourth-order valence-electron chi connectivity index (χ4n) is 4.09. The maximum Gasteiger partial charge on any atom is 0.416 e. The predicted molar refractivity (Wildman–Crippen MR) is 111 cm³/mol. The number of carbonyl (C=O) groups is 1. The molecule has 0 unspecified atom stereocenters. The van der Waals surface area contributed by atoms with Crippen molar-refractivity contribution in [2.45, 2.75) is 31.9 Å². The Labute approximate surface area is 173 Å². The first-order valence-corrected chi connectivity index (χ1v) is 9.82. The third-order valence-corrected chi connectivity index (χ3v) is 5.87. The molecular formula is C25H22F3NO.